The largest absolute Gasteiger partial charge is 0.508 e. The third-order valence-corrected chi connectivity index (χ3v) is 2.97. The molecule has 0 radical (unpaired) electrons. The smallest absolute Gasteiger partial charge is 0.314 e. The van der Waals surface area contributed by atoms with Gasteiger partial charge in [0.05, 0.1) is 5.69 Å². The van der Waals surface area contributed by atoms with Crippen molar-refractivity contribution >= 4 is 34.8 Å². The Morgan fingerprint density at radius 3 is 2.43 bits per heavy atom. The van der Waals surface area contributed by atoms with Crippen molar-refractivity contribution in [2.75, 3.05) is 10.6 Å². The van der Waals surface area contributed by atoms with Crippen molar-refractivity contribution in [3.05, 3.63) is 47.2 Å². The van der Waals surface area contributed by atoms with E-state index in [1.807, 2.05) is 0 Å². The van der Waals surface area contributed by atoms with Crippen LogP contribution in [0.1, 0.15) is 5.56 Å². The van der Waals surface area contributed by atoms with Crippen LogP contribution in [0.25, 0.3) is 0 Å². The van der Waals surface area contributed by atoms with E-state index in [0.717, 1.165) is 0 Å². The normalized spacial score (nSPS) is 10.0. The number of hydrogen-bond donors (Lipinski definition) is 3. The van der Waals surface area contributed by atoms with Crippen LogP contribution in [-0.4, -0.2) is 21.9 Å². The monoisotopic (exact) mass is 305 g/mol. The zero-order valence-corrected chi connectivity index (χ0v) is 11.8. The van der Waals surface area contributed by atoms with E-state index in [1.54, 1.807) is 13.0 Å². The quantitative estimate of drug-likeness (QED) is 0.451. The Morgan fingerprint density at radius 2 is 1.81 bits per heavy atom. The molecular weight excluding hydrogens is 294 g/mol. The predicted octanol–water partition coefficient (Wildman–Crippen LogP) is 2.33. The third kappa shape index (κ3) is 3.70. The van der Waals surface area contributed by atoms with Gasteiger partial charge in [-0.15, -0.1) is 0 Å². The number of halogens is 1. The molecule has 21 heavy (non-hydrogen) atoms. The van der Waals surface area contributed by atoms with E-state index in [1.165, 1.54) is 30.5 Å². The molecule has 0 aliphatic rings. The number of aromatic nitrogens is 1. The highest BCUT2D eigenvalue weighted by atomic mass is 35.5. The van der Waals surface area contributed by atoms with Crippen molar-refractivity contribution in [2.24, 2.45) is 0 Å². The maximum absolute atomic E-state index is 11.8. The number of nitrogens with zero attached hydrogens (tertiary/aromatic N) is 1. The van der Waals surface area contributed by atoms with Crippen LogP contribution in [0.2, 0.25) is 5.15 Å². The summed E-state index contributed by atoms with van der Waals surface area (Å²) in [5.74, 6) is -1.63. The molecule has 1 aromatic carbocycles. The maximum atomic E-state index is 11.8. The first-order chi connectivity index (χ1) is 9.97. The summed E-state index contributed by atoms with van der Waals surface area (Å²) in [7, 11) is 0. The standard InChI is InChI=1S/C14H12ClN3O3/c1-8-7-9(19)4-5-10(8)17-13(20)14(21)18-11-3-2-6-16-12(11)15/h2-7,19H,1H3,(H,17,20)(H,18,21). The summed E-state index contributed by atoms with van der Waals surface area (Å²) in [6.07, 6.45) is 1.47. The van der Waals surface area contributed by atoms with Crippen LogP contribution in [0.5, 0.6) is 5.75 Å². The molecule has 7 heteroatoms. The molecule has 0 fully saturated rings. The first-order valence-electron chi connectivity index (χ1n) is 6.00. The first kappa shape index (κ1) is 14.8. The van der Waals surface area contributed by atoms with Crippen LogP contribution < -0.4 is 10.6 Å². The van der Waals surface area contributed by atoms with E-state index < -0.39 is 11.8 Å². The minimum Gasteiger partial charge on any atom is -0.508 e. The van der Waals surface area contributed by atoms with E-state index in [0.29, 0.717) is 11.3 Å². The molecule has 0 bridgehead atoms. The fourth-order valence-corrected chi connectivity index (χ4v) is 1.79. The number of nitrogens with one attached hydrogen (secondary N) is 2. The van der Waals surface area contributed by atoms with Crippen molar-refractivity contribution in [3.63, 3.8) is 0 Å². The molecule has 0 saturated heterocycles. The number of amides is 2. The summed E-state index contributed by atoms with van der Waals surface area (Å²) in [5.41, 5.74) is 1.32. The van der Waals surface area contributed by atoms with Crippen LogP contribution >= 0.6 is 11.6 Å². The zero-order chi connectivity index (χ0) is 15.4. The molecule has 3 N–H and O–H groups in total. The van der Waals surface area contributed by atoms with Gasteiger partial charge in [-0.3, -0.25) is 9.59 Å². The molecular formula is C14H12ClN3O3. The lowest BCUT2D eigenvalue weighted by atomic mass is 10.2. The number of phenolic OH excluding ortho intramolecular Hbond substituents is 1. The molecule has 2 aromatic rings. The minimum absolute atomic E-state index is 0.0806. The van der Waals surface area contributed by atoms with Crippen molar-refractivity contribution < 1.29 is 14.7 Å². The zero-order valence-electron chi connectivity index (χ0n) is 11.1. The highest BCUT2D eigenvalue weighted by molar-refractivity contribution is 6.44. The Hall–Kier alpha value is -2.60. The molecule has 0 aliphatic heterocycles. The molecule has 0 saturated carbocycles. The minimum atomic E-state index is -0.864. The van der Waals surface area contributed by atoms with Crippen molar-refractivity contribution in [1.29, 1.82) is 0 Å². The molecule has 0 spiro atoms. The fraction of sp³-hybridized carbons (Fsp3) is 0.0714. The summed E-state index contributed by atoms with van der Waals surface area (Å²) >= 11 is 5.79. The van der Waals surface area contributed by atoms with Gasteiger partial charge in [-0.25, -0.2) is 4.98 Å². The van der Waals surface area contributed by atoms with Gasteiger partial charge in [0.25, 0.3) is 0 Å². The van der Waals surface area contributed by atoms with E-state index in [2.05, 4.69) is 15.6 Å². The number of carbonyl (C=O) groups excluding carboxylic acids is 2. The van der Waals surface area contributed by atoms with Crippen molar-refractivity contribution in [3.8, 4) is 5.75 Å². The number of aryl methyl sites for hydroxylation is 1. The number of phenols is 1. The van der Waals surface area contributed by atoms with Crippen LogP contribution in [0, 0.1) is 6.92 Å². The van der Waals surface area contributed by atoms with Crippen LogP contribution in [0.3, 0.4) is 0 Å². The van der Waals surface area contributed by atoms with Gasteiger partial charge in [0, 0.05) is 11.9 Å². The number of rotatable bonds is 2. The summed E-state index contributed by atoms with van der Waals surface area (Å²) in [6.45, 7) is 1.70. The SMILES string of the molecule is Cc1cc(O)ccc1NC(=O)C(=O)Nc1cccnc1Cl. The number of carbonyl (C=O) groups is 2. The summed E-state index contributed by atoms with van der Waals surface area (Å²) in [6, 6.07) is 7.52. The topological polar surface area (TPSA) is 91.3 Å². The van der Waals surface area contributed by atoms with Crippen LogP contribution in [0.15, 0.2) is 36.5 Å². The van der Waals surface area contributed by atoms with Gasteiger partial charge < -0.3 is 15.7 Å². The predicted molar refractivity (Wildman–Crippen MR) is 79.4 cm³/mol. The highest BCUT2D eigenvalue weighted by Crippen LogP contribution is 2.20. The van der Waals surface area contributed by atoms with E-state index in [9.17, 15) is 14.7 Å². The van der Waals surface area contributed by atoms with Crippen LogP contribution in [-0.2, 0) is 9.59 Å². The van der Waals surface area contributed by atoms with Gasteiger partial charge in [-0.1, -0.05) is 11.6 Å². The lowest BCUT2D eigenvalue weighted by Gasteiger charge is -2.09. The summed E-state index contributed by atoms with van der Waals surface area (Å²) in [4.78, 5) is 27.4. The van der Waals surface area contributed by atoms with Crippen molar-refractivity contribution in [1.82, 2.24) is 4.98 Å². The molecule has 0 unspecified atom stereocenters. The Kier molecular flexibility index (Phi) is 4.39. The lowest BCUT2D eigenvalue weighted by Crippen LogP contribution is -2.29. The first-order valence-corrected chi connectivity index (χ1v) is 6.37. The molecule has 2 amide bonds. The van der Waals surface area contributed by atoms with Crippen molar-refractivity contribution in [2.45, 2.75) is 6.92 Å². The summed E-state index contributed by atoms with van der Waals surface area (Å²) < 4.78 is 0. The van der Waals surface area contributed by atoms with E-state index in [-0.39, 0.29) is 16.6 Å². The maximum Gasteiger partial charge on any atom is 0.314 e. The third-order valence-electron chi connectivity index (χ3n) is 2.67. The molecule has 108 valence electrons. The average Bonchev–Trinajstić information content (AvgIpc) is 2.44. The average molecular weight is 306 g/mol. The fourth-order valence-electron chi connectivity index (χ4n) is 1.63. The Morgan fingerprint density at radius 1 is 1.14 bits per heavy atom. The molecule has 1 aromatic heterocycles. The second-order valence-corrected chi connectivity index (χ2v) is 4.61. The second-order valence-electron chi connectivity index (χ2n) is 4.25. The highest BCUT2D eigenvalue weighted by Gasteiger charge is 2.16. The number of aromatic hydroxyl groups is 1. The van der Waals surface area contributed by atoms with Gasteiger partial charge in [0.15, 0.2) is 5.15 Å². The van der Waals surface area contributed by atoms with Gasteiger partial charge in [0.2, 0.25) is 0 Å². The lowest BCUT2D eigenvalue weighted by molar-refractivity contribution is -0.133. The van der Waals surface area contributed by atoms with Gasteiger partial charge >= 0.3 is 11.8 Å². The molecule has 6 nitrogen and oxygen atoms in total. The Balaban J connectivity index is 2.06. The van der Waals surface area contributed by atoms with Gasteiger partial charge in [-0.2, -0.15) is 0 Å². The summed E-state index contributed by atoms with van der Waals surface area (Å²) in [5, 5.41) is 14.2. The number of hydrogen-bond acceptors (Lipinski definition) is 4. The Labute approximate surface area is 125 Å². The number of benzene rings is 1. The molecule has 0 atom stereocenters. The van der Waals surface area contributed by atoms with E-state index >= 15 is 0 Å². The van der Waals surface area contributed by atoms with E-state index in [4.69, 9.17) is 11.6 Å². The van der Waals surface area contributed by atoms with Crippen LogP contribution in [0.4, 0.5) is 11.4 Å². The molecule has 0 aliphatic carbocycles. The number of anilines is 2. The van der Waals surface area contributed by atoms with Gasteiger partial charge in [0.1, 0.15) is 5.75 Å². The van der Waals surface area contributed by atoms with Gasteiger partial charge in [-0.05, 0) is 42.8 Å². The Bertz CT molecular complexity index is 704. The number of pyridine rings is 1. The molecule has 2 rings (SSSR count). The second kappa shape index (κ2) is 6.23. The molecule has 1 heterocycles.